The number of amides is 3. The van der Waals surface area contributed by atoms with Gasteiger partial charge in [0.15, 0.2) is 5.78 Å². The van der Waals surface area contributed by atoms with Crippen molar-refractivity contribution in [2.24, 2.45) is 11.8 Å². The molecule has 3 amide bonds. The van der Waals surface area contributed by atoms with E-state index in [2.05, 4.69) is 5.32 Å². The molecule has 1 heterocycles. The van der Waals surface area contributed by atoms with Crippen LogP contribution in [0.5, 0.6) is 0 Å². The average molecular weight is 362 g/mol. The minimum atomic E-state index is -1.10. The van der Waals surface area contributed by atoms with Crippen molar-refractivity contribution >= 4 is 23.7 Å². The van der Waals surface area contributed by atoms with Gasteiger partial charge in [-0.2, -0.15) is 0 Å². The van der Waals surface area contributed by atoms with E-state index in [0.717, 1.165) is 4.90 Å². The number of nitrogens with one attached hydrogen (secondary N) is 1. The molecule has 2 aliphatic rings. The van der Waals surface area contributed by atoms with Gasteiger partial charge in [0.1, 0.15) is 17.6 Å². The van der Waals surface area contributed by atoms with Crippen molar-refractivity contribution in [3.05, 3.63) is 23.8 Å². The molecule has 1 saturated heterocycles. The normalized spacial score (nSPS) is 24.3. The molecular formula is C19H26N2O5. The molecule has 0 spiro atoms. The molecule has 0 saturated carbocycles. The maximum Gasteiger partial charge on any atom is 0.408 e. The molecule has 0 aromatic heterocycles. The summed E-state index contributed by atoms with van der Waals surface area (Å²) in [4.78, 5) is 50.8. The molecule has 7 heteroatoms. The predicted octanol–water partition coefficient (Wildman–Crippen LogP) is 1.98. The minimum absolute atomic E-state index is 0.387. The van der Waals surface area contributed by atoms with E-state index in [-0.39, 0.29) is 5.91 Å². The Morgan fingerprint density at radius 1 is 1.23 bits per heavy atom. The molecule has 1 N–H and O–H groups in total. The summed E-state index contributed by atoms with van der Waals surface area (Å²) in [6, 6.07) is -0.995. The molecule has 0 aromatic rings. The number of ketones is 1. The number of carbonyl (C=O) groups excluding carboxylic acids is 4. The highest BCUT2D eigenvalue weighted by atomic mass is 16.6. The third-order valence-corrected chi connectivity index (χ3v) is 4.48. The molecule has 1 aliphatic heterocycles. The Kier molecular flexibility index (Phi) is 5.68. The van der Waals surface area contributed by atoms with Gasteiger partial charge in [0, 0.05) is 7.05 Å². The average Bonchev–Trinajstić information content (AvgIpc) is 2.75. The number of nitrogens with zero attached hydrogens (tertiary/aromatic N) is 1. The summed E-state index contributed by atoms with van der Waals surface area (Å²) in [5.74, 6) is -3.24. The van der Waals surface area contributed by atoms with Crippen LogP contribution in [0.25, 0.3) is 0 Å². The molecule has 2 rings (SSSR count). The fraction of sp³-hybridized carbons (Fsp3) is 0.579. The van der Waals surface area contributed by atoms with Crippen LogP contribution in [0.1, 0.15) is 40.5 Å². The van der Waals surface area contributed by atoms with Gasteiger partial charge in [0.2, 0.25) is 11.8 Å². The van der Waals surface area contributed by atoms with Crippen molar-refractivity contribution in [1.82, 2.24) is 10.2 Å². The van der Waals surface area contributed by atoms with Crippen LogP contribution in [-0.4, -0.2) is 47.3 Å². The number of ether oxygens (including phenoxy) is 1. The molecule has 7 nitrogen and oxygen atoms in total. The summed E-state index contributed by atoms with van der Waals surface area (Å²) in [7, 11) is 1.37. The Morgan fingerprint density at radius 3 is 2.35 bits per heavy atom. The van der Waals surface area contributed by atoms with Crippen LogP contribution in [0, 0.1) is 11.8 Å². The van der Waals surface area contributed by atoms with Gasteiger partial charge >= 0.3 is 6.09 Å². The lowest BCUT2D eigenvalue weighted by atomic mass is 9.84. The number of rotatable bonds is 4. The van der Waals surface area contributed by atoms with Crippen molar-refractivity contribution in [3.63, 3.8) is 0 Å². The number of imide groups is 1. The van der Waals surface area contributed by atoms with Crippen molar-refractivity contribution < 1.29 is 23.9 Å². The zero-order chi connectivity index (χ0) is 19.6. The molecule has 0 aromatic carbocycles. The van der Waals surface area contributed by atoms with Gasteiger partial charge in [-0.25, -0.2) is 4.79 Å². The molecule has 0 radical (unpaired) electrons. The fourth-order valence-corrected chi connectivity index (χ4v) is 3.15. The highest BCUT2D eigenvalue weighted by molar-refractivity contribution is 6.17. The van der Waals surface area contributed by atoms with E-state index < -0.39 is 41.3 Å². The number of alkyl carbamates (subject to hydrolysis) is 1. The zero-order valence-electron chi connectivity index (χ0n) is 15.9. The van der Waals surface area contributed by atoms with E-state index in [4.69, 9.17) is 4.74 Å². The van der Waals surface area contributed by atoms with Crippen molar-refractivity contribution in [2.75, 3.05) is 7.05 Å². The number of carbonyl (C=O) groups is 4. The largest absolute Gasteiger partial charge is 0.444 e. The number of allylic oxidation sites excluding steroid dienone is 3. The second-order valence-corrected chi connectivity index (χ2v) is 7.67. The van der Waals surface area contributed by atoms with Gasteiger partial charge in [-0.3, -0.25) is 19.3 Å². The van der Waals surface area contributed by atoms with Gasteiger partial charge in [0.25, 0.3) is 0 Å². The van der Waals surface area contributed by atoms with Gasteiger partial charge in [-0.05, 0) is 39.2 Å². The first-order valence-corrected chi connectivity index (χ1v) is 8.71. The number of hydrogen-bond donors (Lipinski definition) is 1. The molecule has 142 valence electrons. The molecule has 0 bridgehead atoms. The van der Waals surface area contributed by atoms with E-state index in [1.165, 1.54) is 7.05 Å². The number of Topliss-reactive ketones (excluding diaryl/α,β-unsaturated/α-hetero) is 1. The summed E-state index contributed by atoms with van der Waals surface area (Å²) in [6.45, 7) is 6.73. The lowest BCUT2D eigenvalue weighted by Gasteiger charge is -2.26. The Bertz CT molecular complexity index is 687. The van der Waals surface area contributed by atoms with Crippen LogP contribution >= 0.6 is 0 Å². The van der Waals surface area contributed by atoms with Crippen LogP contribution in [0.2, 0.25) is 0 Å². The molecule has 1 fully saturated rings. The highest BCUT2D eigenvalue weighted by Crippen LogP contribution is 2.29. The molecule has 1 unspecified atom stereocenters. The summed E-state index contributed by atoms with van der Waals surface area (Å²) in [5, 5.41) is 2.60. The Balaban J connectivity index is 2.27. The van der Waals surface area contributed by atoms with E-state index in [1.807, 2.05) is 18.2 Å². The predicted molar refractivity (Wildman–Crippen MR) is 95.1 cm³/mol. The molecule has 26 heavy (non-hydrogen) atoms. The topological polar surface area (TPSA) is 92.8 Å². The Labute approximate surface area is 153 Å². The Hall–Kier alpha value is -2.44. The first-order chi connectivity index (χ1) is 12.0. The quantitative estimate of drug-likeness (QED) is 0.469. The zero-order valence-corrected chi connectivity index (χ0v) is 15.9. The highest BCUT2D eigenvalue weighted by Gasteiger charge is 2.49. The maximum atomic E-state index is 13.1. The summed E-state index contributed by atoms with van der Waals surface area (Å²) >= 11 is 0. The number of hydrogen-bond acceptors (Lipinski definition) is 5. The standard InChI is InChI=1S/C19H26N2O5/c1-11-13(17(24)21(5)16(11)23)15(22)14(12-9-7-6-8-10-12)20-18(25)26-19(2,3)4/h6-7,10-11,13-14H,8-9H2,1-5H3,(H,20,25)/t11-,13+,14?/m0/s1. The monoisotopic (exact) mass is 362 g/mol. The van der Waals surface area contributed by atoms with Crippen molar-refractivity contribution in [1.29, 1.82) is 0 Å². The maximum absolute atomic E-state index is 13.1. The van der Waals surface area contributed by atoms with Gasteiger partial charge in [0.05, 0.1) is 5.92 Å². The lowest BCUT2D eigenvalue weighted by molar-refractivity contribution is -0.139. The Morgan fingerprint density at radius 2 is 1.88 bits per heavy atom. The summed E-state index contributed by atoms with van der Waals surface area (Å²) < 4.78 is 5.26. The van der Waals surface area contributed by atoms with Gasteiger partial charge < -0.3 is 10.1 Å². The minimum Gasteiger partial charge on any atom is -0.444 e. The molecule has 1 aliphatic carbocycles. The van der Waals surface area contributed by atoms with Gasteiger partial charge in [-0.1, -0.05) is 25.2 Å². The van der Waals surface area contributed by atoms with E-state index in [0.29, 0.717) is 18.4 Å². The molecule has 3 atom stereocenters. The third-order valence-electron chi connectivity index (χ3n) is 4.48. The van der Waals surface area contributed by atoms with Crippen LogP contribution in [0.4, 0.5) is 4.79 Å². The van der Waals surface area contributed by atoms with Crippen LogP contribution in [0.3, 0.4) is 0 Å². The van der Waals surface area contributed by atoms with Crippen molar-refractivity contribution in [3.8, 4) is 0 Å². The smallest absolute Gasteiger partial charge is 0.408 e. The van der Waals surface area contributed by atoms with E-state index >= 15 is 0 Å². The first kappa shape index (κ1) is 19.9. The second-order valence-electron chi connectivity index (χ2n) is 7.67. The van der Waals surface area contributed by atoms with Gasteiger partial charge in [-0.15, -0.1) is 0 Å². The molecular weight excluding hydrogens is 336 g/mol. The van der Waals surface area contributed by atoms with E-state index in [9.17, 15) is 19.2 Å². The summed E-state index contributed by atoms with van der Waals surface area (Å²) in [6.07, 6.45) is 6.12. The summed E-state index contributed by atoms with van der Waals surface area (Å²) in [5.41, 5.74) is -0.0177. The van der Waals surface area contributed by atoms with Crippen LogP contribution in [-0.2, 0) is 19.1 Å². The van der Waals surface area contributed by atoms with Crippen LogP contribution in [0.15, 0.2) is 23.8 Å². The SMILES string of the molecule is C[C@@H]1C(=O)N(C)C(=O)[C@H]1C(=O)C(NC(=O)OC(C)(C)C)C1=CCC=CC1. The lowest BCUT2D eigenvalue weighted by Crippen LogP contribution is -2.48. The van der Waals surface area contributed by atoms with E-state index in [1.54, 1.807) is 27.7 Å². The first-order valence-electron chi connectivity index (χ1n) is 8.71. The fourth-order valence-electron chi connectivity index (χ4n) is 3.15. The number of likely N-dealkylation sites (tertiary alicyclic amines) is 1. The second kappa shape index (κ2) is 7.43. The third kappa shape index (κ3) is 4.20. The van der Waals surface area contributed by atoms with Crippen LogP contribution < -0.4 is 5.32 Å². The van der Waals surface area contributed by atoms with Crippen molar-refractivity contribution in [2.45, 2.75) is 52.2 Å².